The SMILES string of the molecule is COCCC1(CNC(=O)c2cc(C)cc(C(=O)O)c2)CC1. The molecule has 5 nitrogen and oxygen atoms in total. The minimum Gasteiger partial charge on any atom is -0.478 e. The van der Waals surface area contributed by atoms with Crippen molar-refractivity contribution in [2.45, 2.75) is 26.2 Å². The molecule has 0 bridgehead atoms. The van der Waals surface area contributed by atoms with Gasteiger partial charge >= 0.3 is 5.97 Å². The van der Waals surface area contributed by atoms with Gasteiger partial charge in [0.2, 0.25) is 0 Å². The Morgan fingerprint density at radius 3 is 2.52 bits per heavy atom. The second kappa shape index (κ2) is 6.26. The molecule has 2 rings (SSSR count). The minimum atomic E-state index is -1.02. The summed E-state index contributed by atoms with van der Waals surface area (Å²) in [6.45, 7) is 3.10. The molecular formula is C16H21NO4. The average molecular weight is 291 g/mol. The minimum absolute atomic E-state index is 0.140. The Hall–Kier alpha value is -1.88. The fourth-order valence-corrected chi connectivity index (χ4v) is 2.42. The van der Waals surface area contributed by atoms with Crippen LogP contribution in [-0.2, 0) is 4.74 Å². The maximum absolute atomic E-state index is 12.2. The smallest absolute Gasteiger partial charge is 0.335 e. The van der Waals surface area contributed by atoms with Crippen molar-refractivity contribution in [2.24, 2.45) is 5.41 Å². The van der Waals surface area contributed by atoms with E-state index < -0.39 is 5.97 Å². The van der Waals surface area contributed by atoms with Gasteiger partial charge in [0.15, 0.2) is 0 Å². The summed E-state index contributed by atoms with van der Waals surface area (Å²) < 4.78 is 5.09. The number of hydrogen-bond donors (Lipinski definition) is 2. The molecule has 0 atom stereocenters. The molecule has 0 heterocycles. The molecule has 1 fully saturated rings. The summed E-state index contributed by atoms with van der Waals surface area (Å²) in [5, 5.41) is 12.0. The number of nitrogens with one attached hydrogen (secondary N) is 1. The maximum atomic E-state index is 12.2. The van der Waals surface area contributed by atoms with E-state index in [1.54, 1.807) is 26.2 Å². The van der Waals surface area contributed by atoms with Crippen molar-refractivity contribution >= 4 is 11.9 Å². The van der Waals surface area contributed by atoms with Gasteiger partial charge in [-0.15, -0.1) is 0 Å². The number of carbonyl (C=O) groups is 2. The zero-order valence-corrected chi connectivity index (χ0v) is 12.4. The van der Waals surface area contributed by atoms with Crippen LogP contribution in [-0.4, -0.2) is 37.2 Å². The number of hydrogen-bond acceptors (Lipinski definition) is 3. The van der Waals surface area contributed by atoms with E-state index >= 15 is 0 Å². The lowest BCUT2D eigenvalue weighted by Gasteiger charge is -2.15. The topological polar surface area (TPSA) is 75.6 Å². The Balaban J connectivity index is 1.99. The van der Waals surface area contributed by atoms with Crippen molar-refractivity contribution in [1.29, 1.82) is 0 Å². The Bertz CT molecular complexity index is 549. The lowest BCUT2D eigenvalue weighted by molar-refractivity contribution is 0.0696. The summed E-state index contributed by atoms with van der Waals surface area (Å²) in [5.74, 6) is -1.24. The van der Waals surface area contributed by atoms with Crippen molar-refractivity contribution in [2.75, 3.05) is 20.3 Å². The number of ether oxygens (including phenoxy) is 1. The van der Waals surface area contributed by atoms with Gasteiger partial charge in [-0.05, 0) is 55.4 Å². The highest BCUT2D eigenvalue weighted by Gasteiger charge is 2.42. The molecule has 0 unspecified atom stereocenters. The van der Waals surface area contributed by atoms with E-state index in [9.17, 15) is 9.59 Å². The van der Waals surface area contributed by atoms with Crippen molar-refractivity contribution < 1.29 is 19.4 Å². The van der Waals surface area contributed by atoms with Gasteiger partial charge in [0, 0.05) is 25.8 Å². The molecule has 1 amide bonds. The first-order chi connectivity index (χ1) is 9.96. The van der Waals surface area contributed by atoms with Crippen molar-refractivity contribution in [1.82, 2.24) is 5.32 Å². The number of carboxylic acid groups (broad SMARTS) is 1. The van der Waals surface area contributed by atoms with Crippen molar-refractivity contribution in [3.05, 3.63) is 34.9 Å². The summed E-state index contributed by atoms with van der Waals surface area (Å²) in [6, 6.07) is 4.68. The second-order valence-electron chi connectivity index (χ2n) is 5.82. The predicted octanol–water partition coefficient (Wildman–Crippen LogP) is 2.24. The van der Waals surface area contributed by atoms with E-state index in [1.165, 1.54) is 6.07 Å². The Morgan fingerprint density at radius 2 is 1.95 bits per heavy atom. The normalized spacial score (nSPS) is 15.5. The molecule has 0 aromatic heterocycles. The molecule has 114 valence electrons. The third-order valence-corrected chi connectivity index (χ3v) is 4.00. The highest BCUT2D eigenvalue weighted by molar-refractivity contribution is 5.97. The van der Waals surface area contributed by atoms with Crippen LogP contribution in [0.4, 0.5) is 0 Å². The molecule has 0 radical (unpaired) electrons. The summed E-state index contributed by atoms with van der Waals surface area (Å²) in [7, 11) is 1.68. The zero-order chi connectivity index (χ0) is 15.5. The average Bonchev–Trinajstić information content (AvgIpc) is 3.22. The fraction of sp³-hybridized carbons (Fsp3) is 0.500. The number of amides is 1. The zero-order valence-electron chi connectivity index (χ0n) is 12.4. The van der Waals surface area contributed by atoms with Crippen molar-refractivity contribution in [3.8, 4) is 0 Å². The van der Waals surface area contributed by atoms with Gasteiger partial charge in [-0.3, -0.25) is 4.79 Å². The molecule has 21 heavy (non-hydrogen) atoms. The Morgan fingerprint density at radius 1 is 1.29 bits per heavy atom. The standard InChI is InChI=1S/C16H21NO4/c1-11-7-12(9-13(8-11)15(19)20)14(18)17-10-16(3-4-16)5-6-21-2/h7-9H,3-6,10H2,1-2H3,(H,17,18)(H,19,20). The van der Waals surface area contributed by atoms with Crippen LogP contribution in [0.3, 0.4) is 0 Å². The molecule has 1 aliphatic carbocycles. The number of aryl methyl sites for hydroxylation is 1. The lowest BCUT2D eigenvalue weighted by atomic mass is 10.0. The molecule has 1 aromatic carbocycles. The van der Waals surface area contributed by atoms with Crippen molar-refractivity contribution in [3.63, 3.8) is 0 Å². The highest BCUT2D eigenvalue weighted by atomic mass is 16.5. The van der Waals surface area contributed by atoms with Crippen LogP contribution in [0, 0.1) is 12.3 Å². The number of methoxy groups -OCH3 is 1. The molecule has 2 N–H and O–H groups in total. The molecule has 5 heteroatoms. The maximum Gasteiger partial charge on any atom is 0.335 e. The van der Waals surface area contributed by atoms with Crippen LogP contribution in [0.25, 0.3) is 0 Å². The van der Waals surface area contributed by atoms with E-state index in [2.05, 4.69) is 5.32 Å². The fourth-order valence-electron chi connectivity index (χ4n) is 2.42. The molecule has 1 saturated carbocycles. The third kappa shape index (κ3) is 4.04. The van der Waals surface area contributed by atoms with Gasteiger partial charge in [0.05, 0.1) is 5.56 Å². The number of carbonyl (C=O) groups excluding carboxylic acids is 1. The van der Waals surface area contributed by atoms with Crippen LogP contribution < -0.4 is 5.32 Å². The monoisotopic (exact) mass is 291 g/mol. The van der Waals surface area contributed by atoms with Crippen LogP contribution in [0.1, 0.15) is 45.5 Å². The van der Waals surface area contributed by atoms with Gasteiger partial charge in [0.1, 0.15) is 0 Å². The Kier molecular flexibility index (Phi) is 4.63. The first-order valence-corrected chi connectivity index (χ1v) is 7.08. The van der Waals surface area contributed by atoms with Gasteiger partial charge in [-0.1, -0.05) is 0 Å². The van der Waals surface area contributed by atoms with E-state index in [0.29, 0.717) is 18.7 Å². The van der Waals surface area contributed by atoms with Crippen LogP contribution >= 0.6 is 0 Å². The quantitative estimate of drug-likeness (QED) is 0.808. The first kappa shape index (κ1) is 15.5. The summed E-state index contributed by atoms with van der Waals surface area (Å²) in [5.41, 5.74) is 1.47. The number of carboxylic acids is 1. The molecule has 0 saturated heterocycles. The number of aromatic carboxylic acids is 1. The van der Waals surface area contributed by atoms with E-state index in [0.717, 1.165) is 24.8 Å². The van der Waals surface area contributed by atoms with E-state index in [4.69, 9.17) is 9.84 Å². The van der Waals surface area contributed by atoms with E-state index in [-0.39, 0.29) is 16.9 Å². The molecule has 1 aromatic rings. The predicted molar refractivity (Wildman–Crippen MR) is 78.6 cm³/mol. The first-order valence-electron chi connectivity index (χ1n) is 7.08. The van der Waals surface area contributed by atoms with E-state index in [1.807, 2.05) is 0 Å². The molecular weight excluding hydrogens is 270 g/mol. The lowest BCUT2D eigenvalue weighted by Crippen LogP contribution is -2.31. The Labute approximate surface area is 124 Å². The largest absolute Gasteiger partial charge is 0.478 e. The summed E-state index contributed by atoms with van der Waals surface area (Å²) in [6.07, 6.45) is 3.15. The summed E-state index contributed by atoms with van der Waals surface area (Å²) >= 11 is 0. The highest BCUT2D eigenvalue weighted by Crippen LogP contribution is 2.48. The summed E-state index contributed by atoms with van der Waals surface area (Å²) in [4.78, 5) is 23.2. The number of benzene rings is 1. The van der Waals surface area contributed by atoms with Gasteiger partial charge < -0.3 is 15.2 Å². The van der Waals surface area contributed by atoms with Crippen LogP contribution in [0.2, 0.25) is 0 Å². The molecule has 0 aliphatic heterocycles. The third-order valence-electron chi connectivity index (χ3n) is 4.00. The van der Waals surface area contributed by atoms with Gasteiger partial charge in [0.25, 0.3) is 5.91 Å². The van der Waals surface area contributed by atoms with Gasteiger partial charge in [-0.25, -0.2) is 4.79 Å². The number of rotatable bonds is 7. The van der Waals surface area contributed by atoms with Crippen LogP contribution in [0.15, 0.2) is 18.2 Å². The van der Waals surface area contributed by atoms with Gasteiger partial charge in [-0.2, -0.15) is 0 Å². The second-order valence-corrected chi connectivity index (χ2v) is 5.82. The molecule has 1 aliphatic rings. The molecule has 0 spiro atoms. The van der Waals surface area contributed by atoms with Crippen LogP contribution in [0.5, 0.6) is 0 Å².